The Labute approximate surface area is 132 Å². The molecule has 0 aromatic carbocycles. The van der Waals surface area contributed by atoms with Crippen LogP contribution in [0.1, 0.15) is 5.01 Å². The normalized spacial score (nSPS) is 18.4. The van der Waals surface area contributed by atoms with Gasteiger partial charge in [-0.15, -0.1) is 11.8 Å². The summed E-state index contributed by atoms with van der Waals surface area (Å²) in [7, 11) is 5.37. The highest BCUT2D eigenvalue weighted by Crippen LogP contribution is 2.22. The van der Waals surface area contributed by atoms with Crippen LogP contribution in [0.5, 0.6) is 0 Å². The summed E-state index contributed by atoms with van der Waals surface area (Å²) in [5, 5.41) is 2.93. The molecular formula is C14H17N3O2S2. The van der Waals surface area contributed by atoms with Gasteiger partial charge >= 0.3 is 5.97 Å². The van der Waals surface area contributed by atoms with Gasteiger partial charge in [0.15, 0.2) is 6.04 Å². The van der Waals surface area contributed by atoms with E-state index < -0.39 is 0 Å². The van der Waals surface area contributed by atoms with Crippen LogP contribution in [-0.4, -0.2) is 49.0 Å². The molecule has 0 bridgehead atoms. The van der Waals surface area contributed by atoms with Crippen LogP contribution in [0.3, 0.4) is 0 Å². The summed E-state index contributed by atoms with van der Waals surface area (Å²) in [5.41, 5.74) is 0. The lowest BCUT2D eigenvalue weighted by Gasteiger charge is -2.05. The lowest BCUT2D eigenvalue weighted by Crippen LogP contribution is -2.19. The highest BCUT2D eigenvalue weighted by molar-refractivity contribution is 8.14. The van der Waals surface area contributed by atoms with Gasteiger partial charge < -0.3 is 9.64 Å². The molecule has 0 radical (unpaired) electrons. The first-order valence-electron chi connectivity index (χ1n) is 6.36. The maximum absolute atomic E-state index is 11.3. The number of thioether (sulfide) groups is 1. The fourth-order valence-electron chi connectivity index (χ4n) is 1.58. The highest BCUT2D eigenvalue weighted by Gasteiger charge is 2.24. The van der Waals surface area contributed by atoms with E-state index in [4.69, 9.17) is 0 Å². The Bertz CT molecular complexity index is 591. The quantitative estimate of drug-likeness (QED) is 0.615. The predicted octanol–water partition coefficient (Wildman–Crippen LogP) is 2.47. The zero-order chi connectivity index (χ0) is 15.2. The van der Waals surface area contributed by atoms with Crippen molar-refractivity contribution in [1.82, 2.24) is 4.98 Å². The molecule has 1 aliphatic heterocycles. The van der Waals surface area contributed by atoms with E-state index in [1.807, 2.05) is 49.5 Å². The molecule has 0 saturated heterocycles. The number of hydrogen-bond acceptors (Lipinski definition) is 7. The number of allylic oxidation sites excluding steroid dienone is 2. The third-order valence-corrected chi connectivity index (χ3v) is 4.84. The summed E-state index contributed by atoms with van der Waals surface area (Å²) in [4.78, 5) is 22.0. The minimum Gasteiger partial charge on any atom is -0.467 e. The molecule has 1 aromatic heterocycles. The smallest absolute Gasteiger partial charge is 0.331 e. The first-order valence-corrected chi connectivity index (χ1v) is 8.16. The zero-order valence-corrected chi connectivity index (χ0v) is 13.8. The number of nitrogens with zero attached hydrogens (tertiary/aromatic N) is 3. The van der Waals surface area contributed by atoms with Crippen LogP contribution < -0.4 is 4.90 Å². The summed E-state index contributed by atoms with van der Waals surface area (Å²) >= 11 is 3.19. The van der Waals surface area contributed by atoms with Gasteiger partial charge in [0, 0.05) is 19.8 Å². The van der Waals surface area contributed by atoms with E-state index in [1.165, 1.54) is 7.11 Å². The molecule has 0 N–H and O–H groups in total. The Balaban J connectivity index is 1.90. The van der Waals surface area contributed by atoms with Crippen LogP contribution in [-0.2, 0) is 9.53 Å². The molecule has 1 unspecified atom stereocenters. The maximum atomic E-state index is 11.3. The number of thiazole rings is 1. The van der Waals surface area contributed by atoms with Crippen molar-refractivity contribution in [3.8, 4) is 0 Å². The number of aliphatic imine (C=N–C) groups is 1. The number of ether oxygens (including phenoxy) is 1. The number of carbonyl (C=O) groups excluding carboxylic acids is 1. The summed E-state index contributed by atoms with van der Waals surface area (Å²) in [6, 6.07) is -0.370. The minimum atomic E-state index is -0.370. The van der Waals surface area contributed by atoms with Gasteiger partial charge in [-0.2, -0.15) is 0 Å². The topological polar surface area (TPSA) is 54.8 Å². The maximum Gasteiger partial charge on any atom is 0.331 e. The first kappa shape index (κ1) is 15.8. The van der Waals surface area contributed by atoms with Gasteiger partial charge in [-0.05, 0) is 12.2 Å². The largest absolute Gasteiger partial charge is 0.467 e. The third-order valence-electron chi connectivity index (χ3n) is 2.69. The Morgan fingerprint density at radius 3 is 2.86 bits per heavy atom. The van der Waals surface area contributed by atoms with E-state index >= 15 is 0 Å². The van der Waals surface area contributed by atoms with Gasteiger partial charge in [-0.25, -0.2) is 9.78 Å². The standard InChI is InChI=1S/C14H17N3O2S2/c1-17(2)13-8-15-11(21-13)6-4-5-7-12-16-10(9-20-12)14(18)19-3/h4-8,10H,9H2,1-3H3/b6-4+,7-5+. The number of rotatable bonds is 5. The highest BCUT2D eigenvalue weighted by atomic mass is 32.2. The molecule has 0 aliphatic carbocycles. The molecule has 7 heteroatoms. The molecule has 0 saturated carbocycles. The molecular weight excluding hydrogens is 306 g/mol. The van der Waals surface area contributed by atoms with Crippen molar-refractivity contribution in [2.24, 2.45) is 4.99 Å². The van der Waals surface area contributed by atoms with Crippen LogP contribution in [0.25, 0.3) is 6.08 Å². The molecule has 2 rings (SSSR count). The van der Waals surface area contributed by atoms with Crippen molar-refractivity contribution in [2.45, 2.75) is 6.04 Å². The van der Waals surface area contributed by atoms with Crippen LogP contribution in [0.4, 0.5) is 5.00 Å². The summed E-state index contributed by atoms with van der Waals surface area (Å²) in [6.45, 7) is 0. The van der Waals surface area contributed by atoms with Crippen LogP contribution in [0.15, 0.2) is 29.4 Å². The van der Waals surface area contributed by atoms with Crippen molar-refractivity contribution in [2.75, 3.05) is 31.9 Å². The second-order valence-corrected chi connectivity index (χ2v) is 6.55. The number of aromatic nitrogens is 1. The second kappa shape index (κ2) is 7.42. The SMILES string of the molecule is COC(=O)C1CSC(/C=C/C=C/c2ncc(N(C)C)s2)=N1. The van der Waals surface area contributed by atoms with Crippen molar-refractivity contribution in [1.29, 1.82) is 0 Å². The van der Waals surface area contributed by atoms with Crippen molar-refractivity contribution in [3.63, 3.8) is 0 Å². The van der Waals surface area contributed by atoms with Crippen molar-refractivity contribution >= 4 is 45.2 Å². The Hall–Kier alpha value is -1.60. The number of anilines is 1. The van der Waals surface area contributed by atoms with E-state index in [1.54, 1.807) is 23.1 Å². The van der Waals surface area contributed by atoms with Gasteiger partial charge in [0.1, 0.15) is 10.0 Å². The molecule has 1 aliphatic rings. The fourth-order valence-corrected chi connectivity index (χ4v) is 3.25. The third kappa shape index (κ3) is 4.44. The van der Waals surface area contributed by atoms with Crippen LogP contribution in [0.2, 0.25) is 0 Å². The average Bonchev–Trinajstić information content (AvgIpc) is 3.12. The van der Waals surface area contributed by atoms with Crippen LogP contribution in [0, 0.1) is 0 Å². The molecule has 0 fully saturated rings. The van der Waals surface area contributed by atoms with E-state index in [2.05, 4.69) is 14.7 Å². The molecule has 21 heavy (non-hydrogen) atoms. The number of esters is 1. The Kier molecular flexibility index (Phi) is 5.58. The monoisotopic (exact) mass is 323 g/mol. The first-order chi connectivity index (χ1) is 10.1. The van der Waals surface area contributed by atoms with Gasteiger partial charge in [0.05, 0.1) is 18.4 Å². The lowest BCUT2D eigenvalue weighted by atomic mass is 10.3. The molecule has 2 heterocycles. The Morgan fingerprint density at radius 1 is 1.43 bits per heavy atom. The van der Waals surface area contributed by atoms with Crippen molar-refractivity contribution < 1.29 is 9.53 Å². The summed E-state index contributed by atoms with van der Waals surface area (Å²) in [6.07, 6.45) is 9.53. The molecule has 0 spiro atoms. The summed E-state index contributed by atoms with van der Waals surface area (Å²) in [5.74, 6) is 0.370. The fraction of sp³-hybridized carbons (Fsp3) is 0.357. The van der Waals surface area contributed by atoms with Crippen LogP contribution >= 0.6 is 23.1 Å². The predicted molar refractivity (Wildman–Crippen MR) is 90.3 cm³/mol. The number of carbonyl (C=O) groups is 1. The van der Waals surface area contributed by atoms with Gasteiger partial charge in [-0.1, -0.05) is 23.5 Å². The van der Waals surface area contributed by atoms with Crippen molar-refractivity contribution in [3.05, 3.63) is 29.4 Å². The number of methoxy groups -OCH3 is 1. The van der Waals surface area contributed by atoms with Gasteiger partial charge in [0.25, 0.3) is 0 Å². The molecule has 0 amide bonds. The van der Waals surface area contributed by atoms with E-state index in [0.29, 0.717) is 5.75 Å². The molecule has 5 nitrogen and oxygen atoms in total. The van der Waals surface area contributed by atoms with E-state index in [-0.39, 0.29) is 12.0 Å². The summed E-state index contributed by atoms with van der Waals surface area (Å²) < 4.78 is 4.68. The van der Waals surface area contributed by atoms with Gasteiger partial charge in [0.2, 0.25) is 0 Å². The molecule has 1 aromatic rings. The number of hydrogen-bond donors (Lipinski definition) is 0. The molecule has 1 atom stereocenters. The minimum absolute atomic E-state index is 0.277. The van der Waals surface area contributed by atoms with Gasteiger partial charge in [-0.3, -0.25) is 4.99 Å². The second-order valence-electron chi connectivity index (χ2n) is 4.47. The lowest BCUT2D eigenvalue weighted by molar-refractivity contribution is -0.141. The van der Waals surface area contributed by atoms with E-state index in [0.717, 1.165) is 15.1 Å². The Morgan fingerprint density at radius 2 is 2.19 bits per heavy atom. The van der Waals surface area contributed by atoms with E-state index in [9.17, 15) is 4.79 Å². The molecule has 112 valence electrons. The average molecular weight is 323 g/mol. The zero-order valence-electron chi connectivity index (χ0n) is 12.1.